The fraction of sp³-hybridized carbons (Fsp3) is 0.833. The van der Waals surface area contributed by atoms with Crippen LogP contribution in [-0.4, -0.2) is 20.8 Å². The van der Waals surface area contributed by atoms with Crippen molar-refractivity contribution in [1.29, 1.82) is 0 Å². The summed E-state index contributed by atoms with van der Waals surface area (Å²) in [7, 11) is 1.94. The van der Waals surface area contributed by atoms with Crippen LogP contribution in [0.3, 0.4) is 0 Å². The summed E-state index contributed by atoms with van der Waals surface area (Å²) in [5, 5.41) is 7.68. The fourth-order valence-electron chi connectivity index (χ4n) is 2.41. The van der Waals surface area contributed by atoms with Gasteiger partial charge in [-0.3, -0.25) is 4.68 Å². The first-order chi connectivity index (χ1) is 7.75. The highest BCUT2D eigenvalue weighted by Gasteiger charge is 2.16. The summed E-state index contributed by atoms with van der Waals surface area (Å²) in [6, 6.07) is 0.668. The summed E-state index contributed by atoms with van der Waals surface area (Å²) >= 11 is 0. The topological polar surface area (TPSA) is 42.7 Å². The van der Waals surface area contributed by atoms with Crippen LogP contribution in [0.1, 0.15) is 44.9 Å². The van der Waals surface area contributed by atoms with Gasteiger partial charge in [-0.1, -0.05) is 19.8 Å². The minimum absolute atomic E-state index is 0.668. The lowest BCUT2D eigenvalue weighted by Crippen LogP contribution is -2.29. The highest BCUT2D eigenvalue weighted by atomic mass is 15.3. The third-order valence-electron chi connectivity index (χ3n) is 3.61. The van der Waals surface area contributed by atoms with Crippen LogP contribution in [0.25, 0.3) is 0 Å². The summed E-state index contributed by atoms with van der Waals surface area (Å²) in [5.74, 6) is 1.93. The van der Waals surface area contributed by atoms with E-state index in [0.717, 1.165) is 18.3 Å². The molecule has 90 valence electrons. The maximum Gasteiger partial charge on any atom is 0.140 e. The van der Waals surface area contributed by atoms with Gasteiger partial charge in [0.2, 0.25) is 0 Å². The molecule has 1 fully saturated rings. The molecule has 0 aliphatic heterocycles. The van der Waals surface area contributed by atoms with Gasteiger partial charge >= 0.3 is 0 Å². The minimum Gasteiger partial charge on any atom is -0.307 e. The predicted molar refractivity (Wildman–Crippen MR) is 63.9 cm³/mol. The Morgan fingerprint density at radius 2 is 2.25 bits per heavy atom. The Kier molecular flexibility index (Phi) is 3.93. The number of rotatable bonds is 3. The molecule has 4 heteroatoms. The molecule has 1 saturated carbocycles. The minimum atomic E-state index is 0.668. The summed E-state index contributed by atoms with van der Waals surface area (Å²) < 4.78 is 1.84. The smallest absolute Gasteiger partial charge is 0.140 e. The number of hydrogen-bond acceptors (Lipinski definition) is 3. The quantitative estimate of drug-likeness (QED) is 0.794. The standard InChI is InChI=1S/C12H22N4/c1-10-4-3-5-11(7-6-10)13-8-12-14-9-15-16(12)2/h9-11,13H,3-8H2,1-2H3. The number of nitrogens with zero attached hydrogens (tertiary/aromatic N) is 3. The Hall–Kier alpha value is -0.900. The van der Waals surface area contributed by atoms with Crippen molar-refractivity contribution in [3.8, 4) is 0 Å². The second kappa shape index (κ2) is 5.43. The molecule has 0 amide bonds. The van der Waals surface area contributed by atoms with Crippen molar-refractivity contribution in [2.45, 2.75) is 51.6 Å². The molecule has 0 radical (unpaired) electrons. The number of hydrogen-bond donors (Lipinski definition) is 1. The van der Waals surface area contributed by atoms with Crippen molar-refractivity contribution < 1.29 is 0 Å². The van der Waals surface area contributed by atoms with E-state index in [1.54, 1.807) is 6.33 Å². The fourth-order valence-corrected chi connectivity index (χ4v) is 2.41. The van der Waals surface area contributed by atoms with Crippen molar-refractivity contribution in [3.05, 3.63) is 12.2 Å². The normalized spacial score (nSPS) is 26.6. The lowest BCUT2D eigenvalue weighted by molar-refractivity contribution is 0.437. The van der Waals surface area contributed by atoms with Crippen LogP contribution in [0, 0.1) is 5.92 Å². The Labute approximate surface area is 97.5 Å². The van der Waals surface area contributed by atoms with Crippen LogP contribution >= 0.6 is 0 Å². The van der Waals surface area contributed by atoms with Gasteiger partial charge in [0.1, 0.15) is 12.2 Å². The van der Waals surface area contributed by atoms with Gasteiger partial charge in [-0.15, -0.1) is 0 Å². The average molecular weight is 222 g/mol. The third-order valence-corrected chi connectivity index (χ3v) is 3.61. The highest BCUT2D eigenvalue weighted by Crippen LogP contribution is 2.22. The van der Waals surface area contributed by atoms with E-state index in [9.17, 15) is 0 Å². The van der Waals surface area contributed by atoms with E-state index in [1.807, 2.05) is 11.7 Å². The Balaban J connectivity index is 1.79. The molecule has 1 aromatic rings. The van der Waals surface area contributed by atoms with E-state index in [4.69, 9.17) is 0 Å². The van der Waals surface area contributed by atoms with E-state index < -0.39 is 0 Å². The van der Waals surface area contributed by atoms with Crippen LogP contribution in [0.15, 0.2) is 6.33 Å². The predicted octanol–water partition coefficient (Wildman–Crippen LogP) is 1.87. The SMILES string of the molecule is CC1CCCC(NCc2ncnn2C)CC1. The molecule has 0 spiro atoms. The van der Waals surface area contributed by atoms with E-state index in [2.05, 4.69) is 22.3 Å². The summed E-state index contributed by atoms with van der Waals surface area (Å²) in [4.78, 5) is 4.23. The van der Waals surface area contributed by atoms with Gasteiger partial charge in [0.15, 0.2) is 0 Å². The molecule has 1 N–H and O–H groups in total. The van der Waals surface area contributed by atoms with Gasteiger partial charge in [-0.2, -0.15) is 5.10 Å². The van der Waals surface area contributed by atoms with Gasteiger partial charge in [0.25, 0.3) is 0 Å². The number of aryl methyl sites for hydroxylation is 1. The van der Waals surface area contributed by atoms with Crippen molar-refractivity contribution in [2.24, 2.45) is 13.0 Å². The van der Waals surface area contributed by atoms with Crippen LogP contribution in [0.2, 0.25) is 0 Å². The molecule has 2 unspecified atom stereocenters. The van der Waals surface area contributed by atoms with Gasteiger partial charge < -0.3 is 5.32 Å². The molecule has 0 saturated heterocycles. The molecule has 4 nitrogen and oxygen atoms in total. The Bertz CT molecular complexity index is 321. The highest BCUT2D eigenvalue weighted by molar-refractivity contribution is 4.84. The second-order valence-corrected chi connectivity index (χ2v) is 4.99. The molecule has 0 bridgehead atoms. The van der Waals surface area contributed by atoms with Crippen LogP contribution in [0.5, 0.6) is 0 Å². The molecule has 1 aliphatic carbocycles. The van der Waals surface area contributed by atoms with Crippen molar-refractivity contribution in [3.63, 3.8) is 0 Å². The first kappa shape index (κ1) is 11.6. The van der Waals surface area contributed by atoms with Crippen LogP contribution in [0.4, 0.5) is 0 Å². The molecular weight excluding hydrogens is 200 g/mol. The van der Waals surface area contributed by atoms with Gasteiger partial charge in [-0.25, -0.2) is 4.98 Å². The monoisotopic (exact) mass is 222 g/mol. The summed E-state index contributed by atoms with van der Waals surface area (Å²) in [6.07, 6.45) is 8.34. The third kappa shape index (κ3) is 3.04. The molecule has 0 aromatic carbocycles. The van der Waals surface area contributed by atoms with E-state index in [0.29, 0.717) is 6.04 Å². The van der Waals surface area contributed by atoms with E-state index >= 15 is 0 Å². The first-order valence-corrected chi connectivity index (χ1v) is 6.32. The first-order valence-electron chi connectivity index (χ1n) is 6.32. The number of nitrogens with one attached hydrogen (secondary N) is 1. The van der Waals surface area contributed by atoms with Crippen molar-refractivity contribution in [2.75, 3.05) is 0 Å². The number of aromatic nitrogens is 3. The van der Waals surface area contributed by atoms with E-state index in [1.165, 1.54) is 32.1 Å². The van der Waals surface area contributed by atoms with Crippen LogP contribution in [-0.2, 0) is 13.6 Å². The maximum absolute atomic E-state index is 4.23. The van der Waals surface area contributed by atoms with Crippen molar-refractivity contribution >= 4 is 0 Å². The van der Waals surface area contributed by atoms with Crippen LogP contribution < -0.4 is 5.32 Å². The molecule has 1 aromatic heterocycles. The second-order valence-electron chi connectivity index (χ2n) is 4.99. The summed E-state index contributed by atoms with van der Waals surface area (Å²) in [6.45, 7) is 3.21. The zero-order valence-electron chi connectivity index (χ0n) is 10.3. The van der Waals surface area contributed by atoms with Gasteiger partial charge in [-0.05, 0) is 25.2 Å². The van der Waals surface area contributed by atoms with Gasteiger partial charge in [0, 0.05) is 13.1 Å². The summed E-state index contributed by atoms with van der Waals surface area (Å²) in [5.41, 5.74) is 0. The largest absolute Gasteiger partial charge is 0.307 e. The average Bonchev–Trinajstić information content (AvgIpc) is 2.55. The molecular formula is C12H22N4. The molecule has 1 heterocycles. The lowest BCUT2D eigenvalue weighted by atomic mass is 10.0. The van der Waals surface area contributed by atoms with E-state index in [-0.39, 0.29) is 0 Å². The zero-order valence-corrected chi connectivity index (χ0v) is 10.3. The maximum atomic E-state index is 4.23. The Morgan fingerprint density at radius 3 is 3.00 bits per heavy atom. The molecule has 2 rings (SSSR count). The molecule has 1 aliphatic rings. The molecule has 2 atom stereocenters. The molecule has 16 heavy (non-hydrogen) atoms. The van der Waals surface area contributed by atoms with Crippen molar-refractivity contribution in [1.82, 2.24) is 20.1 Å². The van der Waals surface area contributed by atoms with Gasteiger partial charge in [0.05, 0.1) is 6.54 Å². The zero-order chi connectivity index (χ0) is 11.4. The lowest BCUT2D eigenvalue weighted by Gasteiger charge is -2.15. The Morgan fingerprint density at radius 1 is 1.38 bits per heavy atom.